The third-order valence-corrected chi connectivity index (χ3v) is 3.08. The van der Waals surface area contributed by atoms with Gasteiger partial charge in [-0.2, -0.15) is 5.10 Å². The van der Waals surface area contributed by atoms with E-state index in [1.54, 1.807) is 18.2 Å². The van der Waals surface area contributed by atoms with Gasteiger partial charge in [0.2, 0.25) is 0 Å². The molecule has 1 aromatic carbocycles. The van der Waals surface area contributed by atoms with Crippen LogP contribution in [0.3, 0.4) is 0 Å². The molecule has 1 amide bonds. The van der Waals surface area contributed by atoms with Gasteiger partial charge in [0, 0.05) is 19.3 Å². The maximum absolute atomic E-state index is 13.6. The van der Waals surface area contributed by atoms with E-state index in [1.165, 1.54) is 28.0 Å². The second-order valence-electron chi connectivity index (χ2n) is 4.49. The Kier molecular flexibility index (Phi) is 2.79. The molecule has 0 aliphatic carbocycles. The fourth-order valence-electron chi connectivity index (χ4n) is 2.01. The molecule has 0 saturated carbocycles. The number of aromatic nitrogens is 2. The molecule has 1 aliphatic heterocycles. The summed E-state index contributed by atoms with van der Waals surface area (Å²) in [6, 6.07) is 6.22. The third kappa shape index (κ3) is 2.10. The Morgan fingerprint density at radius 2 is 2.11 bits per heavy atom. The van der Waals surface area contributed by atoms with Gasteiger partial charge in [0.05, 0.1) is 17.9 Å². The number of carbonyl (C=O) groups is 1. The number of benzene rings is 1. The van der Waals surface area contributed by atoms with Crippen LogP contribution in [0.4, 0.5) is 4.39 Å². The maximum atomic E-state index is 13.6. The van der Waals surface area contributed by atoms with E-state index in [2.05, 4.69) is 5.10 Å². The van der Waals surface area contributed by atoms with Crippen molar-refractivity contribution in [2.24, 2.45) is 0 Å². The Morgan fingerprint density at radius 3 is 2.79 bits per heavy atom. The molecule has 19 heavy (non-hydrogen) atoms. The zero-order valence-corrected chi connectivity index (χ0v) is 10.0. The molecule has 1 N–H and O–H groups in total. The normalized spacial score (nSPS) is 15.4. The van der Waals surface area contributed by atoms with Crippen LogP contribution < -0.4 is 0 Å². The average molecular weight is 261 g/mol. The molecule has 6 heteroatoms. The number of nitrogens with zero attached hydrogens (tertiary/aromatic N) is 3. The molecule has 5 nitrogen and oxygen atoms in total. The van der Waals surface area contributed by atoms with E-state index in [0.29, 0.717) is 24.3 Å². The van der Waals surface area contributed by atoms with Crippen LogP contribution in [0.15, 0.2) is 36.7 Å². The van der Waals surface area contributed by atoms with Crippen LogP contribution in [-0.2, 0) is 0 Å². The largest absolute Gasteiger partial charge is 0.389 e. The molecule has 0 atom stereocenters. The smallest absolute Gasteiger partial charge is 0.257 e. The molecule has 1 fully saturated rings. The standard InChI is InChI=1S/C13H12FN3O2/c14-11-3-1-2-4-12(11)17-6-9(5-15-17)13(19)16-7-10(18)8-16/h1-6,10,18H,7-8H2. The van der Waals surface area contributed by atoms with Crippen molar-refractivity contribution in [1.29, 1.82) is 0 Å². The highest BCUT2D eigenvalue weighted by Crippen LogP contribution is 2.16. The molecule has 0 unspecified atom stereocenters. The number of rotatable bonds is 2. The Labute approximate surface area is 108 Å². The van der Waals surface area contributed by atoms with Gasteiger partial charge in [0.1, 0.15) is 11.5 Å². The highest BCUT2D eigenvalue weighted by atomic mass is 19.1. The molecule has 2 aromatic rings. The lowest BCUT2D eigenvalue weighted by Crippen LogP contribution is -2.53. The van der Waals surface area contributed by atoms with Crippen LogP contribution >= 0.6 is 0 Å². The molecule has 0 radical (unpaired) electrons. The zero-order chi connectivity index (χ0) is 13.4. The Balaban J connectivity index is 1.84. The summed E-state index contributed by atoms with van der Waals surface area (Å²) in [5.74, 6) is -0.600. The summed E-state index contributed by atoms with van der Waals surface area (Å²) in [7, 11) is 0. The van der Waals surface area contributed by atoms with E-state index in [4.69, 9.17) is 5.11 Å². The first-order chi connectivity index (χ1) is 9.15. The van der Waals surface area contributed by atoms with Gasteiger partial charge in [-0.15, -0.1) is 0 Å². The molecule has 0 bridgehead atoms. The summed E-state index contributed by atoms with van der Waals surface area (Å²) >= 11 is 0. The van der Waals surface area contributed by atoms with Crippen molar-refractivity contribution in [1.82, 2.24) is 14.7 Å². The minimum Gasteiger partial charge on any atom is -0.389 e. The van der Waals surface area contributed by atoms with E-state index in [9.17, 15) is 9.18 Å². The average Bonchev–Trinajstić information content (AvgIpc) is 2.84. The number of carbonyl (C=O) groups excluding carboxylic acids is 1. The number of para-hydroxylation sites is 1. The molecule has 1 saturated heterocycles. The number of hydrogen-bond acceptors (Lipinski definition) is 3. The molecule has 98 valence electrons. The highest BCUT2D eigenvalue weighted by molar-refractivity contribution is 5.94. The first-order valence-electron chi connectivity index (χ1n) is 5.92. The number of β-amino-alcohol motifs (C(OH)–C–C–N with tert-alkyl or cyclic N) is 1. The first kappa shape index (κ1) is 11.9. The van der Waals surface area contributed by atoms with Gasteiger partial charge in [-0.1, -0.05) is 12.1 Å². The minimum absolute atomic E-state index is 0.201. The summed E-state index contributed by atoms with van der Waals surface area (Å²) in [5, 5.41) is 13.2. The predicted molar refractivity (Wildman–Crippen MR) is 65.4 cm³/mol. The van der Waals surface area contributed by atoms with Gasteiger partial charge in [-0.3, -0.25) is 4.79 Å². The lowest BCUT2D eigenvalue weighted by atomic mass is 10.1. The Bertz CT molecular complexity index is 620. The molecule has 0 spiro atoms. The molecule has 1 aliphatic rings. The number of aliphatic hydroxyl groups excluding tert-OH is 1. The molecule has 3 rings (SSSR count). The fraction of sp³-hybridized carbons (Fsp3) is 0.231. The second-order valence-corrected chi connectivity index (χ2v) is 4.49. The monoisotopic (exact) mass is 261 g/mol. The summed E-state index contributed by atoms with van der Waals surface area (Å²) in [4.78, 5) is 13.5. The maximum Gasteiger partial charge on any atom is 0.257 e. The second kappa shape index (κ2) is 4.47. The van der Waals surface area contributed by atoms with Crippen molar-refractivity contribution in [3.63, 3.8) is 0 Å². The van der Waals surface area contributed by atoms with E-state index < -0.39 is 11.9 Å². The van der Waals surface area contributed by atoms with E-state index in [-0.39, 0.29) is 5.91 Å². The van der Waals surface area contributed by atoms with Crippen molar-refractivity contribution < 1.29 is 14.3 Å². The minimum atomic E-state index is -0.439. The van der Waals surface area contributed by atoms with Crippen LogP contribution in [-0.4, -0.2) is 44.9 Å². The number of amides is 1. The number of halogens is 1. The Morgan fingerprint density at radius 1 is 1.37 bits per heavy atom. The van der Waals surface area contributed by atoms with Crippen LogP contribution in [0.2, 0.25) is 0 Å². The van der Waals surface area contributed by atoms with Gasteiger partial charge >= 0.3 is 0 Å². The third-order valence-electron chi connectivity index (χ3n) is 3.08. The lowest BCUT2D eigenvalue weighted by Gasteiger charge is -2.35. The predicted octanol–water partition coefficient (Wildman–Crippen LogP) is 0.828. The zero-order valence-electron chi connectivity index (χ0n) is 10.0. The number of aliphatic hydroxyl groups is 1. The van der Waals surface area contributed by atoms with Crippen LogP contribution in [0.5, 0.6) is 0 Å². The van der Waals surface area contributed by atoms with E-state index >= 15 is 0 Å². The lowest BCUT2D eigenvalue weighted by molar-refractivity contribution is 0.00589. The van der Waals surface area contributed by atoms with Crippen LogP contribution in [0.1, 0.15) is 10.4 Å². The molecular formula is C13H12FN3O2. The van der Waals surface area contributed by atoms with Gasteiger partial charge in [0.15, 0.2) is 0 Å². The fourth-order valence-corrected chi connectivity index (χ4v) is 2.01. The van der Waals surface area contributed by atoms with Gasteiger partial charge < -0.3 is 10.0 Å². The molecule has 2 heterocycles. The highest BCUT2D eigenvalue weighted by Gasteiger charge is 2.30. The SMILES string of the molecule is O=C(c1cnn(-c2ccccc2F)c1)N1CC(O)C1. The van der Waals surface area contributed by atoms with Crippen LogP contribution in [0, 0.1) is 5.82 Å². The van der Waals surface area contributed by atoms with Gasteiger partial charge in [-0.05, 0) is 12.1 Å². The van der Waals surface area contributed by atoms with Crippen molar-refractivity contribution >= 4 is 5.91 Å². The van der Waals surface area contributed by atoms with E-state index in [0.717, 1.165) is 0 Å². The van der Waals surface area contributed by atoms with Gasteiger partial charge in [0.25, 0.3) is 5.91 Å². The summed E-state index contributed by atoms with van der Waals surface area (Å²) in [5.41, 5.74) is 0.681. The summed E-state index contributed by atoms with van der Waals surface area (Å²) in [6.07, 6.45) is 2.45. The molecular weight excluding hydrogens is 249 g/mol. The van der Waals surface area contributed by atoms with Gasteiger partial charge in [-0.25, -0.2) is 9.07 Å². The quantitative estimate of drug-likeness (QED) is 0.871. The number of hydrogen-bond donors (Lipinski definition) is 1. The van der Waals surface area contributed by atoms with Crippen LogP contribution in [0.25, 0.3) is 5.69 Å². The number of likely N-dealkylation sites (tertiary alicyclic amines) is 1. The van der Waals surface area contributed by atoms with Crippen molar-refractivity contribution in [3.05, 3.63) is 48.0 Å². The van der Waals surface area contributed by atoms with Crippen molar-refractivity contribution in [2.45, 2.75) is 6.10 Å². The van der Waals surface area contributed by atoms with E-state index in [1.807, 2.05) is 0 Å². The Hall–Kier alpha value is -2.21. The summed E-state index contributed by atoms with van der Waals surface area (Å²) in [6.45, 7) is 0.674. The summed E-state index contributed by atoms with van der Waals surface area (Å²) < 4.78 is 14.9. The first-order valence-corrected chi connectivity index (χ1v) is 5.92. The van der Waals surface area contributed by atoms with Crippen molar-refractivity contribution in [3.8, 4) is 5.69 Å². The van der Waals surface area contributed by atoms with Crippen molar-refractivity contribution in [2.75, 3.05) is 13.1 Å². The molecule has 1 aromatic heterocycles. The topological polar surface area (TPSA) is 58.4 Å².